The van der Waals surface area contributed by atoms with Crippen LogP contribution in [-0.2, 0) is 0 Å². The molecule has 2 aromatic carbocycles. The molecule has 114 valence electrons. The van der Waals surface area contributed by atoms with E-state index in [-0.39, 0.29) is 5.84 Å². The van der Waals surface area contributed by atoms with Gasteiger partial charge in [0.1, 0.15) is 5.82 Å². The van der Waals surface area contributed by atoms with Gasteiger partial charge in [-0.05, 0) is 30.2 Å². The number of hydrogen-bond donors (Lipinski definition) is 2. The van der Waals surface area contributed by atoms with Crippen LogP contribution in [0.25, 0.3) is 16.8 Å². The average Bonchev–Trinajstić information content (AvgIpc) is 3.03. The van der Waals surface area contributed by atoms with E-state index < -0.39 is 0 Å². The van der Waals surface area contributed by atoms with Crippen molar-refractivity contribution in [2.45, 2.75) is 6.92 Å². The number of aryl methyl sites for hydroxylation is 1. The lowest BCUT2D eigenvalue weighted by molar-refractivity contribution is 0.975. The van der Waals surface area contributed by atoms with E-state index in [1.54, 1.807) is 6.20 Å². The van der Waals surface area contributed by atoms with Gasteiger partial charge in [-0.3, -0.25) is 0 Å². The van der Waals surface area contributed by atoms with E-state index in [1.165, 1.54) is 0 Å². The zero-order chi connectivity index (χ0) is 16.2. The van der Waals surface area contributed by atoms with Crippen molar-refractivity contribution < 1.29 is 0 Å². The van der Waals surface area contributed by atoms with E-state index in [9.17, 15) is 0 Å². The summed E-state index contributed by atoms with van der Waals surface area (Å²) in [5.74, 6) is 6.37. The summed E-state index contributed by atoms with van der Waals surface area (Å²) >= 11 is 0. The van der Waals surface area contributed by atoms with Gasteiger partial charge in [-0.25, -0.2) is 10.5 Å². The number of hydrazone groups is 1. The SMILES string of the molecule is Cc1nccn1-c1ccc(-c2ccc(/C(N=N)=N/N)cc2)cc1. The monoisotopic (exact) mass is 304 g/mol. The molecule has 1 heterocycles. The van der Waals surface area contributed by atoms with Crippen LogP contribution in [-0.4, -0.2) is 15.4 Å². The van der Waals surface area contributed by atoms with Gasteiger partial charge in [-0.2, -0.15) is 5.10 Å². The van der Waals surface area contributed by atoms with Gasteiger partial charge in [0.05, 0.1) is 0 Å². The minimum Gasteiger partial charge on any atom is -0.321 e. The van der Waals surface area contributed by atoms with Crippen LogP contribution in [0.3, 0.4) is 0 Å². The molecule has 0 atom stereocenters. The molecule has 1 aromatic heterocycles. The molecule has 3 rings (SSSR count). The smallest absolute Gasteiger partial charge is 0.199 e. The first kappa shape index (κ1) is 14.6. The normalized spacial score (nSPS) is 11.4. The molecule has 3 N–H and O–H groups in total. The second-order valence-corrected chi connectivity index (χ2v) is 5.03. The van der Waals surface area contributed by atoms with Crippen LogP contribution in [0.15, 0.2) is 71.1 Å². The molecular formula is C17H16N6. The first-order valence-electron chi connectivity index (χ1n) is 7.09. The van der Waals surface area contributed by atoms with E-state index in [4.69, 9.17) is 11.4 Å². The van der Waals surface area contributed by atoms with Crippen molar-refractivity contribution in [3.05, 3.63) is 72.3 Å². The van der Waals surface area contributed by atoms with E-state index in [0.29, 0.717) is 0 Å². The van der Waals surface area contributed by atoms with E-state index in [1.807, 2.05) is 42.0 Å². The molecule has 0 bridgehead atoms. The van der Waals surface area contributed by atoms with Crippen molar-refractivity contribution in [1.82, 2.24) is 9.55 Å². The highest BCUT2D eigenvalue weighted by Gasteiger charge is 2.04. The molecule has 0 amide bonds. The Morgan fingerprint density at radius 1 is 1.04 bits per heavy atom. The van der Waals surface area contributed by atoms with Crippen LogP contribution in [0, 0.1) is 12.5 Å². The molecule has 0 aliphatic rings. The summed E-state index contributed by atoms with van der Waals surface area (Å²) in [6.07, 6.45) is 3.73. The zero-order valence-electron chi connectivity index (χ0n) is 12.6. The molecule has 3 aromatic rings. The average molecular weight is 304 g/mol. The van der Waals surface area contributed by atoms with Crippen LogP contribution < -0.4 is 5.84 Å². The fourth-order valence-electron chi connectivity index (χ4n) is 2.45. The highest BCUT2D eigenvalue weighted by atomic mass is 15.2. The number of nitrogens with one attached hydrogen (secondary N) is 1. The molecule has 0 aliphatic heterocycles. The number of rotatable bonds is 3. The van der Waals surface area contributed by atoms with Gasteiger partial charge in [0.25, 0.3) is 0 Å². The van der Waals surface area contributed by atoms with Gasteiger partial charge in [0.2, 0.25) is 0 Å². The zero-order valence-corrected chi connectivity index (χ0v) is 12.6. The van der Waals surface area contributed by atoms with Gasteiger partial charge in [-0.15, -0.1) is 5.11 Å². The minimum absolute atomic E-state index is 0.211. The Bertz CT molecular complexity index is 844. The third-order valence-corrected chi connectivity index (χ3v) is 3.68. The van der Waals surface area contributed by atoms with Crippen LogP contribution in [0.1, 0.15) is 11.4 Å². The van der Waals surface area contributed by atoms with Crippen LogP contribution in [0.5, 0.6) is 0 Å². The highest BCUT2D eigenvalue weighted by Crippen LogP contribution is 2.22. The van der Waals surface area contributed by atoms with E-state index in [2.05, 4.69) is 39.5 Å². The fourth-order valence-corrected chi connectivity index (χ4v) is 2.45. The third kappa shape index (κ3) is 2.87. The van der Waals surface area contributed by atoms with Crippen molar-refractivity contribution in [1.29, 1.82) is 5.53 Å². The lowest BCUT2D eigenvalue weighted by Gasteiger charge is -2.07. The lowest BCUT2D eigenvalue weighted by atomic mass is 10.0. The Morgan fingerprint density at radius 3 is 2.13 bits per heavy atom. The Balaban J connectivity index is 1.88. The second kappa shape index (κ2) is 6.23. The van der Waals surface area contributed by atoms with Crippen molar-refractivity contribution in [3.8, 4) is 16.8 Å². The molecule has 23 heavy (non-hydrogen) atoms. The number of hydrogen-bond acceptors (Lipinski definition) is 4. The standard InChI is InChI=1S/C17H16N6/c1-12-20-10-11-23(12)16-8-6-14(7-9-16)13-2-4-15(5-3-13)17(21-18)22-19/h2-11,18H,19H2,1H3/b21-18?,22-17-. The lowest BCUT2D eigenvalue weighted by Crippen LogP contribution is -1.99. The Kier molecular flexibility index (Phi) is 3.97. The Labute approximate surface area is 133 Å². The maximum Gasteiger partial charge on any atom is 0.199 e. The van der Waals surface area contributed by atoms with Gasteiger partial charge in [0.15, 0.2) is 5.84 Å². The quantitative estimate of drug-likeness (QED) is 0.255. The van der Waals surface area contributed by atoms with Gasteiger partial charge in [0, 0.05) is 23.6 Å². The number of amidine groups is 1. The first-order valence-corrected chi connectivity index (χ1v) is 7.09. The summed E-state index contributed by atoms with van der Waals surface area (Å²) in [6, 6.07) is 15.9. The predicted molar refractivity (Wildman–Crippen MR) is 89.6 cm³/mol. The summed E-state index contributed by atoms with van der Waals surface area (Å²) < 4.78 is 2.03. The van der Waals surface area contributed by atoms with Crippen molar-refractivity contribution in [2.75, 3.05) is 0 Å². The van der Waals surface area contributed by atoms with Crippen LogP contribution >= 0.6 is 0 Å². The maximum absolute atomic E-state index is 7.03. The first-order chi connectivity index (χ1) is 11.2. The Morgan fingerprint density at radius 2 is 1.65 bits per heavy atom. The number of imidazole rings is 1. The van der Waals surface area contributed by atoms with Gasteiger partial charge in [-0.1, -0.05) is 36.4 Å². The Hall–Kier alpha value is -3.28. The highest BCUT2D eigenvalue weighted by molar-refractivity contribution is 5.99. The molecule has 0 radical (unpaired) electrons. The van der Waals surface area contributed by atoms with Crippen LogP contribution in [0.4, 0.5) is 0 Å². The summed E-state index contributed by atoms with van der Waals surface area (Å²) in [4.78, 5) is 4.23. The van der Waals surface area contributed by atoms with Crippen molar-refractivity contribution >= 4 is 5.84 Å². The van der Waals surface area contributed by atoms with Crippen LogP contribution in [0.2, 0.25) is 0 Å². The minimum atomic E-state index is 0.211. The fraction of sp³-hybridized carbons (Fsp3) is 0.0588. The molecule has 6 nitrogen and oxygen atoms in total. The molecule has 0 saturated heterocycles. The molecule has 0 aliphatic carbocycles. The second-order valence-electron chi connectivity index (χ2n) is 5.03. The van der Waals surface area contributed by atoms with Gasteiger partial charge < -0.3 is 10.4 Å². The molecule has 0 fully saturated rings. The number of benzene rings is 2. The summed E-state index contributed by atoms with van der Waals surface area (Å²) in [6.45, 7) is 1.97. The van der Waals surface area contributed by atoms with Gasteiger partial charge >= 0.3 is 0 Å². The molecule has 0 spiro atoms. The molecule has 6 heteroatoms. The third-order valence-electron chi connectivity index (χ3n) is 3.68. The topological polar surface area (TPSA) is 92.4 Å². The van der Waals surface area contributed by atoms with E-state index in [0.717, 1.165) is 28.2 Å². The predicted octanol–water partition coefficient (Wildman–Crippen LogP) is 3.50. The number of nitrogens with two attached hydrogens (primary N) is 1. The van der Waals surface area contributed by atoms with Crippen molar-refractivity contribution in [2.24, 2.45) is 16.1 Å². The maximum atomic E-state index is 7.03. The largest absolute Gasteiger partial charge is 0.321 e. The molecular weight excluding hydrogens is 288 g/mol. The summed E-state index contributed by atoms with van der Waals surface area (Å²) in [5.41, 5.74) is 11.0. The molecule has 0 saturated carbocycles. The summed E-state index contributed by atoms with van der Waals surface area (Å²) in [7, 11) is 0. The number of nitrogens with zero attached hydrogens (tertiary/aromatic N) is 4. The van der Waals surface area contributed by atoms with E-state index >= 15 is 0 Å². The summed E-state index contributed by atoms with van der Waals surface area (Å²) in [5, 5.41) is 6.78. The number of aromatic nitrogens is 2. The van der Waals surface area contributed by atoms with Crippen molar-refractivity contribution in [3.63, 3.8) is 0 Å². The molecule has 0 unspecified atom stereocenters.